The second-order valence-corrected chi connectivity index (χ2v) is 13.5. The maximum absolute atomic E-state index is 12.8. The topological polar surface area (TPSA) is 96.0 Å². The van der Waals surface area contributed by atoms with Crippen molar-refractivity contribution in [2.45, 2.75) is 62.4 Å². The van der Waals surface area contributed by atoms with Crippen LogP contribution in [-0.2, 0) is 30.8 Å². The van der Waals surface area contributed by atoms with E-state index in [1.807, 2.05) is 12.1 Å². The highest BCUT2D eigenvalue weighted by molar-refractivity contribution is 7.87. The molecule has 0 saturated heterocycles. The third-order valence-electron chi connectivity index (χ3n) is 8.44. The van der Waals surface area contributed by atoms with Crippen LogP contribution in [0.1, 0.15) is 56.1 Å². The Morgan fingerprint density at radius 1 is 0.943 bits per heavy atom. The number of aryl methyl sites for hydroxylation is 1. The Morgan fingerprint density at radius 2 is 1.69 bits per heavy atom. The molecule has 0 amide bonds. The summed E-state index contributed by atoms with van der Waals surface area (Å²) in [6, 6.07) is 11.9. The van der Waals surface area contributed by atoms with Gasteiger partial charge in [-0.15, -0.1) is 0 Å². The number of methoxy groups -OCH3 is 1. The molecule has 0 aromatic heterocycles. The zero-order valence-electron chi connectivity index (χ0n) is 20.3. The van der Waals surface area contributed by atoms with E-state index in [4.69, 9.17) is 13.1 Å². The maximum atomic E-state index is 12.8. The molecule has 0 spiro atoms. The summed E-state index contributed by atoms with van der Waals surface area (Å²) < 4.78 is 66.0. The van der Waals surface area contributed by atoms with Crippen LogP contribution < -0.4 is 8.92 Å². The van der Waals surface area contributed by atoms with Crippen LogP contribution in [0.5, 0.6) is 11.5 Å². The molecule has 35 heavy (non-hydrogen) atoms. The van der Waals surface area contributed by atoms with Gasteiger partial charge in [-0.3, -0.25) is 4.18 Å². The molecule has 2 aromatic rings. The molecule has 0 radical (unpaired) electrons. The molecule has 0 bridgehead atoms. The van der Waals surface area contributed by atoms with Gasteiger partial charge in [-0.05, 0) is 97.1 Å². The average Bonchev–Trinajstić information content (AvgIpc) is 3.13. The monoisotopic (exact) mass is 520 g/mol. The minimum atomic E-state index is -3.98. The minimum absolute atomic E-state index is 0.0958. The van der Waals surface area contributed by atoms with Gasteiger partial charge in [0.25, 0.3) is 10.1 Å². The van der Waals surface area contributed by atoms with Crippen LogP contribution in [0.25, 0.3) is 0 Å². The Morgan fingerprint density at radius 3 is 2.37 bits per heavy atom. The van der Waals surface area contributed by atoms with Crippen LogP contribution in [0.3, 0.4) is 0 Å². The van der Waals surface area contributed by atoms with Crippen molar-refractivity contribution in [2.75, 3.05) is 13.4 Å². The predicted octanol–water partition coefficient (Wildman–Crippen LogP) is 4.66. The van der Waals surface area contributed by atoms with Crippen molar-refractivity contribution in [3.63, 3.8) is 0 Å². The second kappa shape index (κ2) is 8.78. The van der Waals surface area contributed by atoms with E-state index in [2.05, 4.69) is 6.92 Å². The Labute approximate surface area is 208 Å². The summed E-state index contributed by atoms with van der Waals surface area (Å²) in [7, 11) is -5.96. The molecular formula is C26H32O7S2. The highest BCUT2D eigenvalue weighted by Crippen LogP contribution is 2.62. The van der Waals surface area contributed by atoms with Gasteiger partial charge >= 0.3 is 10.1 Å². The summed E-state index contributed by atoms with van der Waals surface area (Å²) in [5.74, 6) is 1.75. The van der Waals surface area contributed by atoms with Gasteiger partial charge in [0, 0.05) is 0 Å². The number of ether oxygens (including phenoxy) is 1. The second-order valence-electron chi connectivity index (χ2n) is 10.4. The largest absolute Gasteiger partial charge is 0.493 e. The fraction of sp³-hybridized carbons (Fsp3) is 0.538. The van der Waals surface area contributed by atoms with Crippen molar-refractivity contribution < 1.29 is 29.9 Å². The number of benzene rings is 2. The van der Waals surface area contributed by atoms with Gasteiger partial charge in [0.1, 0.15) is 4.90 Å². The maximum Gasteiger partial charge on any atom is 0.339 e. The predicted molar refractivity (Wildman–Crippen MR) is 132 cm³/mol. The third kappa shape index (κ3) is 4.47. The van der Waals surface area contributed by atoms with E-state index < -0.39 is 20.2 Å². The van der Waals surface area contributed by atoms with Crippen LogP contribution in [0.2, 0.25) is 0 Å². The molecule has 0 N–H and O–H groups in total. The van der Waals surface area contributed by atoms with Crippen molar-refractivity contribution in [1.29, 1.82) is 0 Å². The summed E-state index contributed by atoms with van der Waals surface area (Å²) >= 11 is 0. The van der Waals surface area contributed by atoms with Crippen molar-refractivity contribution in [2.24, 2.45) is 17.3 Å². The van der Waals surface area contributed by atoms with Crippen LogP contribution in [-0.4, -0.2) is 36.3 Å². The van der Waals surface area contributed by atoms with E-state index in [0.29, 0.717) is 23.5 Å². The quantitative estimate of drug-likeness (QED) is 0.511. The summed E-state index contributed by atoms with van der Waals surface area (Å²) in [5.41, 5.74) is 2.13. The number of rotatable bonds is 6. The molecule has 5 rings (SSSR count). The lowest BCUT2D eigenvalue weighted by Gasteiger charge is -2.50. The standard InChI is InChI=1S/C26H32O7S2/c1-26-14-13-19-20(22(26)11-12-25(26)33-34(3,27)28)10-9-17-15-24(23(31-2)16-21(17)19)32-35(29,30)18-7-5-4-6-8-18/h4-8,15-16,19-20,22,25H,9-14H2,1-3H3. The van der Waals surface area contributed by atoms with E-state index in [-0.39, 0.29) is 22.2 Å². The Kier molecular flexibility index (Phi) is 6.17. The fourth-order valence-corrected chi connectivity index (χ4v) is 8.57. The van der Waals surface area contributed by atoms with Crippen molar-refractivity contribution >= 4 is 20.2 Å². The van der Waals surface area contributed by atoms with Gasteiger partial charge in [0.15, 0.2) is 11.5 Å². The molecular weight excluding hydrogens is 488 g/mol. The van der Waals surface area contributed by atoms with Crippen LogP contribution in [0.4, 0.5) is 0 Å². The smallest absolute Gasteiger partial charge is 0.339 e. The molecule has 9 heteroatoms. The van der Waals surface area contributed by atoms with E-state index in [1.54, 1.807) is 18.2 Å². The van der Waals surface area contributed by atoms with Gasteiger partial charge < -0.3 is 8.92 Å². The van der Waals surface area contributed by atoms with Gasteiger partial charge in [0.2, 0.25) is 0 Å². The molecule has 3 aliphatic rings. The van der Waals surface area contributed by atoms with Gasteiger partial charge in [-0.25, -0.2) is 0 Å². The Hall–Kier alpha value is -2.10. The molecule has 2 saturated carbocycles. The van der Waals surface area contributed by atoms with E-state index in [0.717, 1.165) is 50.3 Å². The SMILES string of the molecule is COc1cc2c(cc1OS(=O)(=O)c1ccccc1)CCC1C2CCC2(C)C(OS(C)(=O)=O)CCC12. The van der Waals surface area contributed by atoms with Crippen LogP contribution in [0, 0.1) is 17.3 Å². The number of hydrogen-bond donors (Lipinski definition) is 0. The summed E-state index contributed by atoms with van der Waals surface area (Å²) in [6.07, 6.45) is 6.20. The minimum Gasteiger partial charge on any atom is -0.493 e. The summed E-state index contributed by atoms with van der Waals surface area (Å²) in [4.78, 5) is 0.0958. The van der Waals surface area contributed by atoms with Crippen LogP contribution >= 0.6 is 0 Å². The van der Waals surface area contributed by atoms with Crippen molar-refractivity contribution in [3.05, 3.63) is 53.6 Å². The average molecular weight is 521 g/mol. The highest BCUT2D eigenvalue weighted by Gasteiger charge is 2.56. The van der Waals surface area contributed by atoms with Gasteiger partial charge in [-0.1, -0.05) is 25.1 Å². The lowest BCUT2D eigenvalue weighted by molar-refractivity contribution is -0.00770. The lowest BCUT2D eigenvalue weighted by atomic mass is 9.55. The number of hydrogen-bond acceptors (Lipinski definition) is 7. The molecule has 190 valence electrons. The van der Waals surface area contributed by atoms with Gasteiger partial charge in [-0.2, -0.15) is 16.8 Å². The van der Waals surface area contributed by atoms with E-state index in [1.165, 1.54) is 24.8 Å². The Bertz CT molecular complexity index is 1320. The molecule has 3 aliphatic carbocycles. The molecule has 2 aromatic carbocycles. The van der Waals surface area contributed by atoms with E-state index >= 15 is 0 Å². The zero-order valence-corrected chi connectivity index (χ0v) is 21.9. The first-order valence-corrected chi connectivity index (χ1v) is 15.3. The van der Waals surface area contributed by atoms with Crippen molar-refractivity contribution in [1.82, 2.24) is 0 Å². The highest BCUT2D eigenvalue weighted by atomic mass is 32.2. The normalized spacial score (nSPS) is 30.1. The molecule has 0 aliphatic heterocycles. The van der Waals surface area contributed by atoms with Crippen molar-refractivity contribution in [3.8, 4) is 11.5 Å². The van der Waals surface area contributed by atoms with Crippen LogP contribution in [0.15, 0.2) is 47.4 Å². The molecule has 2 fully saturated rings. The number of fused-ring (bicyclic) bond motifs is 5. The Balaban J connectivity index is 1.43. The first-order valence-electron chi connectivity index (χ1n) is 12.1. The molecule has 7 nitrogen and oxygen atoms in total. The lowest BCUT2D eigenvalue weighted by Crippen LogP contribution is -2.45. The molecule has 0 heterocycles. The first-order chi connectivity index (χ1) is 16.5. The van der Waals surface area contributed by atoms with Gasteiger partial charge in [0.05, 0.1) is 19.5 Å². The summed E-state index contributed by atoms with van der Waals surface area (Å²) in [6.45, 7) is 2.19. The summed E-state index contributed by atoms with van der Waals surface area (Å²) in [5, 5.41) is 0. The third-order valence-corrected chi connectivity index (χ3v) is 10.3. The zero-order chi connectivity index (χ0) is 25.0. The first kappa shape index (κ1) is 24.6. The van der Waals surface area contributed by atoms with E-state index in [9.17, 15) is 16.8 Å². The molecule has 5 atom stereocenters. The molecule has 5 unspecified atom stereocenters. The fourth-order valence-electron chi connectivity index (χ4n) is 6.88.